The van der Waals surface area contributed by atoms with Crippen molar-refractivity contribution >= 4 is 28.4 Å². The lowest BCUT2D eigenvalue weighted by Gasteiger charge is -2.28. The molecule has 2 aliphatic rings. The molecule has 0 unspecified atom stereocenters. The second-order valence-electron chi connectivity index (χ2n) is 4.03. The molecule has 0 amide bonds. The fraction of sp³-hybridized carbons (Fsp3) is 0.545. The van der Waals surface area contributed by atoms with Crippen LogP contribution in [0.1, 0.15) is 12.8 Å². The Balaban J connectivity index is 2.27. The summed E-state index contributed by atoms with van der Waals surface area (Å²) in [6.07, 6.45) is -0.724. The molecule has 1 N–H and O–H groups in total. The van der Waals surface area contributed by atoms with Gasteiger partial charge in [-0.15, -0.1) is 0 Å². The van der Waals surface area contributed by atoms with Gasteiger partial charge in [-0.25, -0.2) is 4.99 Å². The third-order valence-corrected chi connectivity index (χ3v) is 4.03. The van der Waals surface area contributed by atoms with Crippen molar-refractivity contribution in [3.63, 3.8) is 0 Å². The van der Waals surface area contributed by atoms with E-state index in [9.17, 15) is 13.2 Å². The van der Waals surface area contributed by atoms with Gasteiger partial charge in [0.2, 0.25) is 0 Å². The number of hydrogen-bond donors (Lipinski definition) is 1. The summed E-state index contributed by atoms with van der Waals surface area (Å²) in [7, 11) is 0. The summed E-state index contributed by atoms with van der Waals surface area (Å²) in [6, 6.07) is 0. The maximum absolute atomic E-state index is 13.0. The number of aliphatic imine (C=N–C) groups is 1. The van der Waals surface area contributed by atoms with Crippen LogP contribution in [0.5, 0.6) is 0 Å². The van der Waals surface area contributed by atoms with Crippen molar-refractivity contribution in [2.75, 3.05) is 13.1 Å². The maximum Gasteiger partial charge on any atom is 0.418 e. The van der Waals surface area contributed by atoms with Crippen LogP contribution in [-0.2, 0) is 0 Å². The zero-order valence-electron chi connectivity index (χ0n) is 9.43. The van der Waals surface area contributed by atoms with Crippen LogP contribution in [-0.4, -0.2) is 29.6 Å². The molecule has 2 heterocycles. The predicted molar refractivity (Wildman–Crippen MR) is 69.0 cm³/mol. The summed E-state index contributed by atoms with van der Waals surface area (Å²) in [5.41, 5.74) is -0.661. The van der Waals surface area contributed by atoms with E-state index < -0.39 is 11.7 Å². The normalized spacial score (nSPS) is 22.3. The molecule has 0 aromatic rings. The number of alkyl halides is 3. The lowest BCUT2D eigenvalue weighted by molar-refractivity contribution is -0.0860. The summed E-state index contributed by atoms with van der Waals surface area (Å²) < 4.78 is 38.9. The number of nitrogens with one attached hydrogen (secondary N) is 1. The Hall–Kier alpha value is -0.460. The van der Waals surface area contributed by atoms with Crippen LogP contribution in [0.2, 0.25) is 0 Å². The number of allylic oxidation sites excluding steroid dienone is 2. The Bertz CT molecular complexity index is 411. The summed E-state index contributed by atoms with van der Waals surface area (Å²) in [6.45, 7) is 1.41. The minimum atomic E-state index is -4.38. The van der Waals surface area contributed by atoms with Gasteiger partial charge in [-0.05, 0) is 18.9 Å². The third kappa shape index (κ3) is 3.52. The van der Waals surface area contributed by atoms with Crippen LogP contribution < -0.4 is 5.32 Å². The molecule has 100 valence electrons. The first kappa shape index (κ1) is 14.0. The molecule has 2 rings (SSSR count). The number of halogens is 4. The van der Waals surface area contributed by atoms with Gasteiger partial charge in [0.15, 0.2) is 0 Å². The highest BCUT2D eigenvalue weighted by Gasteiger charge is 2.38. The van der Waals surface area contributed by atoms with E-state index in [1.165, 1.54) is 6.08 Å². The van der Waals surface area contributed by atoms with Crippen molar-refractivity contribution in [1.82, 2.24) is 5.32 Å². The van der Waals surface area contributed by atoms with Crippen molar-refractivity contribution in [3.05, 3.63) is 22.9 Å². The third-order valence-electron chi connectivity index (χ3n) is 2.59. The van der Waals surface area contributed by atoms with Gasteiger partial charge in [0.25, 0.3) is 0 Å². The van der Waals surface area contributed by atoms with Gasteiger partial charge >= 0.3 is 6.18 Å². The monoisotopic (exact) mass is 296 g/mol. The number of hydrogen-bond acceptors (Lipinski definition) is 3. The molecule has 1 fully saturated rings. The van der Waals surface area contributed by atoms with E-state index in [0.717, 1.165) is 11.8 Å². The highest BCUT2D eigenvalue weighted by Crippen LogP contribution is 2.35. The molecule has 0 bridgehead atoms. The molecule has 0 saturated carbocycles. The van der Waals surface area contributed by atoms with E-state index in [-0.39, 0.29) is 15.4 Å². The average Bonchev–Trinajstić information content (AvgIpc) is 2.16. The molecule has 0 aromatic heterocycles. The molecule has 7 heteroatoms. The van der Waals surface area contributed by atoms with Crippen LogP contribution in [0.15, 0.2) is 27.9 Å². The van der Waals surface area contributed by atoms with Crippen LogP contribution >= 0.6 is 23.4 Å². The van der Waals surface area contributed by atoms with E-state index in [1.807, 2.05) is 0 Å². The van der Waals surface area contributed by atoms with E-state index in [0.29, 0.717) is 25.9 Å². The van der Waals surface area contributed by atoms with E-state index >= 15 is 0 Å². The van der Waals surface area contributed by atoms with Gasteiger partial charge in [-0.3, -0.25) is 0 Å². The molecule has 0 aliphatic carbocycles. The van der Waals surface area contributed by atoms with Gasteiger partial charge in [-0.1, -0.05) is 29.4 Å². The van der Waals surface area contributed by atoms with Crippen molar-refractivity contribution in [1.29, 1.82) is 0 Å². The van der Waals surface area contributed by atoms with Gasteiger partial charge in [0.1, 0.15) is 10.2 Å². The fourth-order valence-corrected chi connectivity index (χ4v) is 2.99. The molecule has 0 atom stereocenters. The zero-order valence-corrected chi connectivity index (χ0v) is 11.0. The SMILES string of the molecule is FC(F)(F)C1=CCCC=C(Cl)N=C1SC1CNC1. The van der Waals surface area contributed by atoms with Crippen LogP contribution in [0, 0.1) is 0 Å². The Kier molecular flexibility index (Phi) is 4.40. The van der Waals surface area contributed by atoms with Crippen LogP contribution in [0.25, 0.3) is 0 Å². The highest BCUT2D eigenvalue weighted by atomic mass is 35.5. The zero-order chi connectivity index (χ0) is 13.2. The van der Waals surface area contributed by atoms with E-state index in [2.05, 4.69) is 10.3 Å². The van der Waals surface area contributed by atoms with Crippen LogP contribution in [0.4, 0.5) is 13.2 Å². The smallest absolute Gasteiger partial charge is 0.314 e. The molecule has 2 aliphatic heterocycles. The molecular weight excluding hydrogens is 285 g/mol. The van der Waals surface area contributed by atoms with E-state index in [4.69, 9.17) is 11.6 Å². The maximum atomic E-state index is 13.0. The minimum absolute atomic E-state index is 0.0186. The Morgan fingerprint density at radius 3 is 2.50 bits per heavy atom. The van der Waals surface area contributed by atoms with Crippen LogP contribution in [0.3, 0.4) is 0 Å². The second-order valence-corrected chi connectivity index (χ2v) is 5.71. The number of nitrogens with zero attached hydrogens (tertiary/aromatic N) is 1. The van der Waals surface area contributed by atoms with Crippen molar-refractivity contribution < 1.29 is 13.2 Å². The molecule has 0 spiro atoms. The largest absolute Gasteiger partial charge is 0.418 e. The fourth-order valence-electron chi connectivity index (χ4n) is 1.55. The molecule has 0 radical (unpaired) electrons. The van der Waals surface area contributed by atoms with E-state index in [1.54, 1.807) is 6.08 Å². The topological polar surface area (TPSA) is 24.4 Å². The molecule has 0 aromatic carbocycles. The molecular formula is C11H12ClF3N2S. The number of rotatable bonds is 1. The summed E-state index contributed by atoms with van der Waals surface area (Å²) in [4.78, 5) is 3.90. The first-order valence-electron chi connectivity index (χ1n) is 5.56. The predicted octanol–water partition coefficient (Wildman–Crippen LogP) is 3.45. The van der Waals surface area contributed by atoms with Crippen molar-refractivity contribution in [2.24, 2.45) is 4.99 Å². The summed E-state index contributed by atoms with van der Waals surface area (Å²) in [5.74, 6) is 0. The second kappa shape index (κ2) is 5.67. The first-order valence-corrected chi connectivity index (χ1v) is 6.82. The molecule has 1 saturated heterocycles. The van der Waals surface area contributed by atoms with Gasteiger partial charge in [-0.2, -0.15) is 13.2 Å². The lowest BCUT2D eigenvalue weighted by atomic mass is 10.2. The average molecular weight is 297 g/mol. The quantitative estimate of drug-likeness (QED) is 0.750. The first-order chi connectivity index (χ1) is 8.47. The lowest BCUT2D eigenvalue weighted by Crippen LogP contribution is -2.45. The molecule has 2 nitrogen and oxygen atoms in total. The summed E-state index contributed by atoms with van der Waals surface area (Å²) >= 11 is 6.94. The Morgan fingerprint density at radius 2 is 1.94 bits per heavy atom. The number of thioether (sulfide) groups is 1. The van der Waals surface area contributed by atoms with Gasteiger partial charge in [0.05, 0.1) is 5.57 Å². The Morgan fingerprint density at radius 1 is 1.28 bits per heavy atom. The van der Waals surface area contributed by atoms with Gasteiger partial charge in [0, 0.05) is 18.3 Å². The Labute approximate surface area is 112 Å². The molecule has 18 heavy (non-hydrogen) atoms. The van der Waals surface area contributed by atoms with Gasteiger partial charge < -0.3 is 5.32 Å². The van der Waals surface area contributed by atoms with Crippen molar-refractivity contribution in [3.8, 4) is 0 Å². The standard InChI is InChI=1S/C11H12ClF3N2S/c12-9-4-2-1-3-8(11(13,14)15)10(17-9)18-7-5-16-6-7/h3-4,7,16H,1-2,5-6H2. The summed E-state index contributed by atoms with van der Waals surface area (Å²) in [5, 5.41) is 3.28. The highest BCUT2D eigenvalue weighted by molar-refractivity contribution is 8.15. The van der Waals surface area contributed by atoms with Crippen molar-refractivity contribution in [2.45, 2.75) is 24.3 Å². The minimum Gasteiger partial charge on any atom is -0.314 e.